The van der Waals surface area contributed by atoms with Gasteiger partial charge in [0.15, 0.2) is 8.32 Å². The summed E-state index contributed by atoms with van der Waals surface area (Å²) < 4.78 is 166. The second-order valence-electron chi connectivity index (χ2n) is 5.81. The lowest BCUT2D eigenvalue weighted by Crippen LogP contribution is -2.70. The van der Waals surface area contributed by atoms with E-state index in [1.165, 1.54) is 0 Å². The number of rotatable bonds is 7. The van der Waals surface area contributed by atoms with Gasteiger partial charge in [0.05, 0.1) is 0 Å². The molecule has 0 unspecified atom stereocenters. The van der Waals surface area contributed by atoms with E-state index in [0.717, 1.165) is 13.1 Å². The Hall–Kier alpha value is -0.733. The number of hydrogen-bond acceptors (Lipinski definition) is 1. The number of halogens is 13. The summed E-state index contributed by atoms with van der Waals surface area (Å²) in [6, 6.07) is -1.24. The first kappa shape index (κ1) is 24.3. The summed E-state index contributed by atoms with van der Waals surface area (Å²) in [5.41, 5.74) is 0. The van der Waals surface area contributed by atoms with Crippen LogP contribution in [0.4, 0.5) is 57.1 Å². The molecule has 0 saturated carbocycles. The molecule has 0 bridgehead atoms. The summed E-state index contributed by atoms with van der Waals surface area (Å²) in [6.45, 7) is 1.76. The highest BCUT2D eigenvalue weighted by atomic mass is 28.4. The molecule has 0 aromatic heterocycles. The average molecular weight is 422 g/mol. The van der Waals surface area contributed by atoms with Crippen molar-refractivity contribution in [3.05, 3.63) is 0 Å². The molecule has 0 aliphatic rings. The van der Waals surface area contributed by atoms with Crippen molar-refractivity contribution < 1.29 is 61.9 Å². The van der Waals surface area contributed by atoms with Gasteiger partial charge in [-0.25, -0.2) is 0 Å². The molecule has 0 aliphatic carbocycles. The van der Waals surface area contributed by atoms with Gasteiger partial charge in [0.1, 0.15) is 0 Å². The maximum absolute atomic E-state index is 13.3. The van der Waals surface area contributed by atoms with Gasteiger partial charge >= 0.3 is 35.8 Å². The van der Waals surface area contributed by atoms with Gasteiger partial charge in [0.2, 0.25) is 0 Å². The third kappa shape index (κ3) is 4.00. The Labute approximate surface area is 132 Å². The second kappa shape index (κ2) is 6.16. The first-order valence-corrected chi connectivity index (χ1v) is 9.29. The molecule has 15 heteroatoms. The Balaban J connectivity index is 6.03. The quantitative estimate of drug-likeness (QED) is 0.436. The molecule has 1 nitrogen and oxygen atoms in total. The summed E-state index contributed by atoms with van der Waals surface area (Å²) in [5.74, 6) is -36.7. The van der Waals surface area contributed by atoms with Crippen molar-refractivity contribution in [2.24, 2.45) is 0 Å². The van der Waals surface area contributed by atoms with Crippen LogP contribution < -0.4 is 0 Å². The highest BCUT2D eigenvalue weighted by Crippen LogP contribution is 2.60. The predicted molar refractivity (Wildman–Crippen MR) is 59.9 cm³/mol. The Morgan fingerprint density at radius 3 is 1.20 bits per heavy atom. The minimum atomic E-state index is -7.88. The van der Waals surface area contributed by atoms with Crippen molar-refractivity contribution in [2.45, 2.75) is 61.3 Å². The zero-order chi connectivity index (χ0) is 20.9. The highest BCUT2D eigenvalue weighted by molar-refractivity contribution is 6.69. The van der Waals surface area contributed by atoms with E-state index in [2.05, 4.69) is 0 Å². The zero-order valence-corrected chi connectivity index (χ0v) is 13.3. The van der Waals surface area contributed by atoms with Gasteiger partial charge < -0.3 is 4.80 Å². The van der Waals surface area contributed by atoms with E-state index in [9.17, 15) is 61.9 Å². The van der Waals surface area contributed by atoms with Gasteiger partial charge in [0.25, 0.3) is 0 Å². The number of hydrogen-bond donors (Lipinski definition) is 1. The van der Waals surface area contributed by atoms with Gasteiger partial charge in [-0.05, 0) is 19.1 Å². The lowest BCUT2D eigenvalue weighted by Gasteiger charge is -2.40. The van der Waals surface area contributed by atoms with Gasteiger partial charge in [-0.2, -0.15) is 57.1 Å². The van der Waals surface area contributed by atoms with Crippen LogP contribution in [0.1, 0.15) is 6.42 Å². The third-order valence-corrected chi connectivity index (χ3v) is 4.52. The van der Waals surface area contributed by atoms with E-state index < -0.39 is 56.6 Å². The fourth-order valence-corrected chi connectivity index (χ4v) is 2.35. The third-order valence-electron chi connectivity index (χ3n) is 3.05. The van der Waals surface area contributed by atoms with Crippen molar-refractivity contribution in [3.8, 4) is 0 Å². The van der Waals surface area contributed by atoms with Crippen LogP contribution in [0.3, 0.4) is 0 Å². The molecule has 0 rings (SSSR count). The SMILES string of the molecule is C[Si](C)(O)CCC(F)(F)C(F)(F)C(F)(F)C(F)(F)C(F)(F)C(F)(F)F. The summed E-state index contributed by atoms with van der Waals surface area (Å²) in [4.78, 5) is 9.20. The van der Waals surface area contributed by atoms with Crippen molar-refractivity contribution in [1.82, 2.24) is 0 Å². The van der Waals surface area contributed by atoms with Crippen LogP contribution in [0.5, 0.6) is 0 Å². The van der Waals surface area contributed by atoms with Crippen molar-refractivity contribution in [2.75, 3.05) is 0 Å². The molecule has 0 fully saturated rings. The summed E-state index contributed by atoms with van der Waals surface area (Å²) in [7, 11) is -3.59. The average Bonchev–Trinajstić information content (AvgIpc) is 2.33. The Morgan fingerprint density at radius 1 is 0.600 bits per heavy atom. The molecule has 0 amide bonds. The Bertz CT molecular complexity index is 476. The second-order valence-corrected chi connectivity index (χ2v) is 9.94. The van der Waals surface area contributed by atoms with E-state index in [1.54, 1.807) is 0 Å². The van der Waals surface area contributed by atoms with Crippen molar-refractivity contribution >= 4 is 8.32 Å². The maximum Gasteiger partial charge on any atom is 0.460 e. The molecule has 0 aromatic rings. The summed E-state index contributed by atoms with van der Waals surface area (Å²) in [6.07, 6.45) is -9.75. The van der Waals surface area contributed by atoms with E-state index in [-0.39, 0.29) is 0 Å². The molecule has 1 N–H and O–H groups in total. The molecular formula is C10H11F13OSi. The fourth-order valence-electron chi connectivity index (χ4n) is 1.42. The van der Waals surface area contributed by atoms with E-state index >= 15 is 0 Å². The van der Waals surface area contributed by atoms with E-state index in [0.29, 0.717) is 0 Å². The largest absolute Gasteiger partial charge is 0.460 e. The van der Waals surface area contributed by atoms with Gasteiger partial charge in [-0.3, -0.25) is 0 Å². The molecule has 0 radical (unpaired) electrons. The number of alkyl halides is 13. The van der Waals surface area contributed by atoms with Crippen LogP contribution in [0, 0.1) is 0 Å². The molecule has 0 heterocycles. The van der Waals surface area contributed by atoms with E-state index in [4.69, 9.17) is 0 Å². The van der Waals surface area contributed by atoms with Crippen LogP contribution >= 0.6 is 0 Å². The minimum Gasteiger partial charge on any atom is -0.432 e. The van der Waals surface area contributed by atoms with Crippen LogP contribution in [-0.4, -0.2) is 48.9 Å². The van der Waals surface area contributed by atoms with Crippen LogP contribution in [0.15, 0.2) is 0 Å². The fraction of sp³-hybridized carbons (Fsp3) is 1.00. The topological polar surface area (TPSA) is 20.2 Å². The minimum absolute atomic E-state index is 0.881. The van der Waals surface area contributed by atoms with Crippen molar-refractivity contribution in [1.29, 1.82) is 0 Å². The van der Waals surface area contributed by atoms with Gasteiger partial charge in [-0.1, -0.05) is 0 Å². The molecule has 0 aromatic carbocycles. The van der Waals surface area contributed by atoms with Crippen LogP contribution in [0.2, 0.25) is 19.1 Å². The zero-order valence-electron chi connectivity index (χ0n) is 12.3. The Kier molecular flexibility index (Phi) is 5.98. The lowest BCUT2D eigenvalue weighted by atomic mass is 9.93. The predicted octanol–water partition coefficient (Wildman–Crippen LogP) is 5.31. The maximum atomic E-state index is 13.3. The first-order valence-electron chi connectivity index (χ1n) is 6.14. The summed E-state index contributed by atoms with van der Waals surface area (Å²) in [5, 5.41) is 0. The standard InChI is InChI=1S/C10H11F13OSi/c1-25(2,24)4-3-5(11,12)6(13,14)7(15,16)8(17,18)9(19,20)10(21,22)23/h24H,3-4H2,1-2H3. The van der Waals surface area contributed by atoms with Gasteiger partial charge in [-0.15, -0.1) is 0 Å². The lowest BCUT2D eigenvalue weighted by molar-refractivity contribution is -0.439. The van der Waals surface area contributed by atoms with E-state index in [1.807, 2.05) is 0 Å². The molecule has 0 atom stereocenters. The van der Waals surface area contributed by atoms with Crippen LogP contribution in [0.25, 0.3) is 0 Å². The molecular weight excluding hydrogens is 411 g/mol. The van der Waals surface area contributed by atoms with Crippen molar-refractivity contribution in [3.63, 3.8) is 0 Å². The molecule has 152 valence electrons. The normalized spacial score (nSPS) is 16.3. The first-order chi connectivity index (χ1) is 10.5. The molecule has 0 aliphatic heterocycles. The smallest absolute Gasteiger partial charge is 0.432 e. The summed E-state index contributed by atoms with van der Waals surface area (Å²) >= 11 is 0. The molecule has 25 heavy (non-hydrogen) atoms. The highest BCUT2D eigenvalue weighted by Gasteiger charge is 2.90. The Morgan fingerprint density at radius 2 is 0.920 bits per heavy atom. The molecule has 0 saturated heterocycles. The van der Waals surface area contributed by atoms with Crippen LogP contribution in [-0.2, 0) is 0 Å². The monoisotopic (exact) mass is 422 g/mol. The molecule has 0 spiro atoms. The van der Waals surface area contributed by atoms with Gasteiger partial charge in [0, 0.05) is 6.42 Å².